The van der Waals surface area contributed by atoms with E-state index in [9.17, 15) is 24.0 Å². The third kappa shape index (κ3) is 11.1. The molecule has 5 aromatic rings. The van der Waals surface area contributed by atoms with Crippen LogP contribution in [-0.2, 0) is 25.5 Å². The Hall–Kier alpha value is -6.21. The first kappa shape index (κ1) is 42.9. The molecule has 318 valence electrons. The number of nitrogens with two attached hydrogens (primary N) is 1. The van der Waals surface area contributed by atoms with Gasteiger partial charge in [0.05, 0.1) is 29.5 Å². The number of nitrogens with one attached hydrogen (secondary N) is 3. The van der Waals surface area contributed by atoms with Crippen LogP contribution in [0, 0.1) is 11.8 Å². The molecule has 5 N–H and O–H groups in total. The Kier molecular flexibility index (Phi) is 13.4. The van der Waals surface area contributed by atoms with Crippen LogP contribution in [0.1, 0.15) is 85.8 Å². The molecule has 4 amide bonds. The molecule has 2 aromatic heterocycles. The van der Waals surface area contributed by atoms with Crippen LogP contribution in [0.5, 0.6) is 0 Å². The van der Waals surface area contributed by atoms with Crippen molar-refractivity contribution >= 4 is 51.4 Å². The van der Waals surface area contributed by atoms with Crippen LogP contribution in [0.4, 0.5) is 0 Å². The van der Waals surface area contributed by atoms with E-state index in [0.29, 0.717) is 35.8 Å². The van der Waals surface area contributed by atoms with Crippen molar-refractivity contribution in [2.24, 2.45) is 17.6 Å². The molecule has 13 nitrogen and oxygen atoms in total. The number of nitrogens with zero attached hydrogens (tertiary/aromatic N) is 3. The maximum atomic E-state index is 14.5. The number of likely N-dealkylation sites (tertiary alicyclic amines) is 1. The van der Waals surface area contributed by atoms with Gasteiger partial charge in [0.1, 0.15) is 23.5 Å². The van der Waals surface area contributed by atoms with E-state index in [0.717, 1.165) is 42.0 Å². The normalized spacial score (nSPS) is 19.5. The fourth-order valence-electron chi connectivity index (χ4n) is 8.74. The molecule has 2 aliphatic rings. The van der Waals surface area contributed by atoms with E-state index in [2.05, 4.69) is 30.8 Å². The molecule has 0 spiro atoms. The summed E-state index contributed by atoms with van der Waals surface area (Å²) in [5.41, 5.74) is 7.37. The monoisotopic (exact) mass is 825 g/mol. The molecule has 3 heterocycles. The zero-order valence-electron chi connectivity index (χ0n) is 35.0. The molecule has 0 bridgehead atoms. The minimum Gasteiger partial charge on any atom is -0.454 e. The third-order valence-electron chi connectivity index (χ3n) is 11.7. The number of ether oxygens (including phenoxy) is 1. The van der Waals surface area contributed by atoms with Crippen LogP contribution < -0.4 is 21.7 Å². The summed E-state index contributed by atoms with van der Waals surface area (Å²) in [6.07, 6.45) is 3.65. The van der Waals surface area contributed by atoms with E-state index in [-0.39, 0.29) is 30.3 Å². The number of rotatable bonds is 14. The number of hydrogen-bond acceptors (Lipinski definition) is 9. The fourth-order valence-corrected chi connectivity index (χ4v) is 8.74. The molecule has 6 atom stereocenters. The average molecular weight is 826 g/mol. The number of hydrogen-bond donors (Lipinski definition) is 4. The van der Waals surface area contributed by atoms with E-state index in [1.807, 2.05) is 93.6 Å². The molecule has 1 aliphatic heterocycles. The summed E-state index contributed by atoms with van der Waals surface area (Å²) in [7, 11) is 0. The van der Waals surface area contributed by atoms with Crippen molar-refractivity contribution in [2.75, 3.05) is 13.1 Å². The molecule has 7 rings (SSSR count). The van der Waals surface area contributed by atoms with Gasteiger partial charge in [-0.2, -0.15) is 0 Å². The van der Waals surface area contributed by atoms with Gasteiger partial charge in [-0.15, -0.1) is 0 Å². The molecule has 2 fully saturated rings. The SMILES string of the molecule is CC(C)(C)NC(=O)[C@@H]1C[C@@H]2CCCC[C@@H]2CN1C[C@@H](OC(=O)c1ccc2ccccc2n1)[C@H](Cc1ccccc1)NC(=O)[C@H](CC(N)=O)NC(=O)c1ccc2ccccc2n1. The quantitative estimate of drug-likeness (QED) is 0.105. The highest BCUT2D eigenvalue weighted by atomic mass is 16.5. The number of carbonyl (C=O) groups excluding carboxylic acids is 5. The van der Waals surface area contributed by atoms with Crippen molar-refractivity contribution in [1.29, 1.82) is 0 Å². The Morgan fingerprint density at radius 3 is 2.03 bits per heavy atom. The highest BCUT2D eigenvalue weighted by Gasteiger charge is 2.43. The van der Waals surface area contributed by atoms with Crippen molar-refractivity contribution in [3.63, 3.8) is 0 Å². The summed E-state index contributed by atoms with van der Waals surface area (Å²) in [6.45, 7) is 6.57. The molecular weight excluding hydrogens is 771 g/mol. The fraction of sp³-hybridized carbons (Fsp3) is 0.396. The van der Waals surface area contributed by atoms with Gasteiger partial charge in [0, 0.05) is 29.4 Å². The number of para-hydroxylation sites is 2. The van der Waals surface area contributed by atoms with Crippen LogP contribution in [0.25, 0.3) is 21.8 Å². The molecule has 3 aromatic carbocycles. The number of fused-ring (bicyclic) bond motifs is 3. The molecular formula is C48H55N7O6. The number of piperidine rings is 1. The molecule has 1 saturated heterocycles. The lowest BCUT2D eigenvalue weighted by molar-refractivity contribution is -0.133. The number of primary amides is 1. The van der Waals surface area contributed by atoms with Crippen LogP contribution >= 0.6 is 0 Å². The summed E-state index contributed by atoms with van der Waals surface area (Å²) in [5, 5.41) is 10.6. The van der Waals surface area contributed by atoms with Gasteiger partial charge in [0.25, 0.3) is 5.91 Å². The maximum absolute atomic E-state index is 14.5. The Bertz CT molecular complexity index is 2380. The lowest BCUT2D eigenvalue weighted by atomic mass is 9.72. The van der Waals surface area contributed by atoms with E-state index in [1.54, 1.807) is 30.3 Å². The minimum absolute atomic E-state index is 0.0576. The third-order valence-corrected chi connectivity index (χ3v) is 11.7. The highest BCUT2D eigenvalue weighted by Crippen LogP contribution is 2.39. The molecule has 61 heavy (non-hydrogen) atoms. The molecule has 0 unspecified atom stereocenters. The Morgan fingerprint density at radius 1 is 0.770 bits per heavy atom. The topological polar surface area (TPSA) is 186 Å². The van der Waals surface area contributed by atoms with Crippen LogP contribution in [0.2, 0.25) is 0 Å². The lowest BCUT2D eigenvalue weighted by Crippen LogP contribution is -2.61. The van der Waals surface area contributed by atoms with Crippen molar-refractivity contribution in [2.45, 2.75) is 95.5 Å². The van der Waals surface area contributed by atoms with Crippen molar-refractivity contribution < 1.29 is 28.7 Å². The van der Waals surface area contributed by atoms with Crippen molar-refractivity contribution in [3.8, 4) is 0 Å². The van der Waals surface area contributed by atoms with E-state index in [1.165, 1.54) is 0 Å². The van der Waals surface area contributed by atoms with Crippen molar-refractivity contribution in [1.82, 2.24) is 30.8 Å². The van der Waals surface area contributed by atoms with Gasteiger partial charge in [0.15, 0.2) is 0 Å². The number of aromatic nitrogens is 2. The smallest absolute Gasteiger partial charge is 0.357 e. The van der Waals surface area contributed by atoms with Gasteiger partial charge >= 0.3 is 5.97 Å². The van der Waals surface area contributed by atoms with E-state index < -0.39 is 59.9 Å². The molecule has 1 saturated carbocycles. The van der Waals surface area contributed by atoms with Gasteiger partial charge in [-0.1, -0.05) is 98.1 Å². The molecule has 0 radical (unpaired) electrons. The summed E-state index contributed by atoms with van der Waals surface area (Å²) < 4.78 is 6.46. The van der Waals surface area contributed by atoms with Gasteiger partial charge in [-0.3, -0.25) is 24.1 Å². The van der Waals surface area contributed by atoms with Gasteiger partial charge < -0.3 is 26.4 Å². The molecule has 13 heteroatoms. The zero-order chi connectivity index (χ0) is 43.1. The van der Waals surface area contributed by atoms with Gasteiger partial charge in [0.2, 0.25) is 17.7 Å². The van der Waals surface area contributed by atoms with E-state index in [4.69, 9.17) is 10.5 Å². The first-order chi connectivity index (χ1) is 29.3. The summed E-state index contributed by atoms with van der Waals surface area (Å²) in [4.78, 5) is 80.2. The van der Waals surface area contributed by atoms with E-state index >= 15 is 0 Å². The first-order valence-electron chi connectivity index (χ1n) is 21.2. The Balaban J connectivity index is 1.23. The average Bonchev–Trinajstić information content (AvgIpc) is 3.24. The van der Waals surface area contributed by atoms with Crippen LogP contribution in [-0.4, -0.2) is 87.3 Å². The van der Waals surface area contributed by atoms with Crippen molar-refractivity contribution in [3.05, 3.63) is 120 Å². The highest BCUT2D eigenvalue weighted by molar-refractivity contribution is 5.99. The van der Waals surface area contributed by atoms with Crippen LogP contribution in [0.15, 0.2) is 103 Å². The second-order valence-corrected chi connectivity index (χ2v) is 17.5. The van der Waals surface area contributed by atoms with Crippen LogP contribution in [0.3, 0.4) is 0 Å². The lowest BCUT2D eigenvalue weighted by Gasteiger charge is -2.47. The summed E-state index contributed by atoms with van der Waals surface area (Å²) in [5.74, 6) is -2.24. The van der Waals surface area contributed by atoms with Gasteiger partial charge in [-0.05, 0) is 81.7 Å². The summed E-state index contributed by atoms with van der Waals surface area (Å²) >= 11 is 0. The largest absolute Gasteiger partial charge is 0.454 e. The Morgan fingerprint density at radius 2 is 1.38 bits per heavy atom. The minimum atomic E-state index is -1.39. The predicted molar refractivity (Wildman–Crippen MR) is 233 cm³/mol. The number of amides is 4. The molecule has 1 aliphatic carbocycles. The van der Waals surface area contributed by atoms with Gasteiger partial charge in [-0.25, -0.2) is 14.8 Å². The number of benzene rings is 3. The second kappa shape index (κ2) is 19.0. The standard InChI is InChI=1S/C48H55N7O6/c1-48(2,3)54-46(59)41-26-33-17-7-8-18-34(33)28-55(41)29-42(61-47(60)38-24-22-32-16-10-12-20-36(32)51-38)39(25-30-13-5-4-6-14-30)52-45(58)40(27-43(49)56)53-44(57)37-23-21-31-15-9-11-19-35(31)50-37/h4-6,9-16,19-24,33-34,39-42H,7-8,17-18,25-29H2,1-3H3,(H2,49,56)(H,52,58)(H,53,57)(H,54,59)/t33-,34+,39-,40-,41-,42+/m0/s1. The maximum Gasteiger partial charge on any atom is 0.357 e. The Labute approximate surface area is 356 Å². The second-order valence-electron chi connectivity index (χ2n) is 17.5. The zero-order valence-corrected chi connectivity index (χ0v) is 35.0. The summed E-state index contributed by atoms with van der Waals surface area (Å²) in [6, 6.07) is 28.1. The first-order valence-corrected chi connectivity index (χ1v) is 21.2. The number of esters is 1. The number of pyridine rings is 2. The number of carbonyl (C=O) groups is 5. The predicted octanol–water partition coefficient (Wildman–Crippen LogP) is 5.51.